The lowest BCUT2D eigenvalue weighted by molar-refractivity contribution is -0.144. The first kappa shape index (κ1) is 19.9. The number of alkyl halides is 3. The predicted molar refractivity (Wildman–Crippen MR) is 94.1 cm³/mol. The van der Waals surface area contributed by atoms with Crippen LogP contribution in [0.3, 0.4) is 0 Å². The Labute approximate surface area is 157 Å². The molecule has 0 atom stereocenters. The van der Waals surface area contributed by atoms with Gasteiger partial charge in [0.25, 0.3) is 0 Å². The Hall–Kier alpha value is -2.88. The van der Waals surface area contributed by atoms with E-state index < -0.39 is 27.7 Å². The maximum Gasteiger partial charge on any atom is 0.449 e. The van der Waals surface area contributed by atoms with Crippen LogP contribution in [0.4, 0.5) is 17.6 Å². The molecule has 3 aromatic rings. The maximum absolute atomic E-state index is 14.0. The highest BCUT2D eigenvalue weighted by Gasteiger charge is 2.36. The molecular formula is C18H14F4N2O3S. The molecule has 0 bridgehead atoms. The molecule has 0 aliphatic heterocycles. The third kappa shape index (κ3) is 3.86. The predicted octanol–water partition coefficient (Wildman–Crippen LogP) is 4.31. The van der Waals surface area contributed by atoms with Crippen molar-refractivity contribution in [3.05, 3.63) is 54.1 Å². The Morgan fingerprint density at radius 2 is 1.64 bits per heavy atom. The summed E-state index contributed by atoms with van der Waals surface area (Å²) >= 11 is 0. The number of benzene rings is 2. The van der Waals surface area contributed by atoms with Crippen molar-refractivity contribution in [2.24, 2.45) is 0 Å². The van der Waals surface area contributed by atoms with Gasteiger partial charge in [0.2, 0.25) is 5.82 Å². The second-order valence-corrected chi connectivity index (χ2v) is 7.97. The summed E-state index contributed by atoms with van der Waals surface area (Å²) in [6.07, 6.45) is -3.73. The second-order valence-electron chi connectivity index (χ2n) is 5.95. The molecule has 3 rings (SSSR count). The average molecular weight is 414 g/mol. The summed E-state index contributed by atoms with van der Waals surface area (Å²) < 4.78 is 81.5. The molecule has 0 aliphatic carbocycles. The van der Waals surface area contributed by atoms with Gasteiger partial charge in [-0.05, 0) is 30.3 Å². The number of aromatic nitrogens is 2. The van der Waals surface area contributed by atoms with Crippen molar-refractivity contribution in [3.8, 4) is 28.3 Å². The minimum absolute atomic E-state index is 0.0167. The number of aromatic amines is 1. The number of nitrogens with one attached hydrogen (secondary N) is 1. The van der Waals surface area contributed by atoms with E-state index in [1.807, 2.05) is 0 Å². The highest BCUT2D eigenvalue weighted by molar-refractivity contribution is 7.90. The minimum atomic E-state index is -4.75. The van der Waals surface area contributed by atoms with Crippen molar-refractivity contribution < 1.29 is 30.7 Å². The number of ether oxygens (including phenoxy) is 1. The average Bonchev–Trinajstić information content (AvgIpc) is 3.07. The highest BCUT2D eigenvalue weighted by atomic mass is 32.2. The van der Waals surface area contributed by atoms with Gasteiger partial charge in [0, 0.05) is 17.4 Å². The van der Waals surface area contributed by atoms with E-state index in [2.05, 4.69) is 9.97 Å². The molecule has 0 aliphatic rings. The third-order valence-electron chi connectivity index (χ3n) is 3.97. The molecule has 1 N–H and O–H groups in total. The van der Waals surface area contributed by atoms with Gasteiger partial charge in [0.15, 0.2) is 21.4 Å². The summed E-state index contributed by atoms with van der Waals surface area (Å²) in [5.41, 5.74) is 0.229. The van der Waals surface area contributed by atoms with Crippen molar-refractivity contribution in [1.29, 1.82) is 0 Å². The molecule has 0 unspecified atom stereocenters. The normalized spacial score (nSPS) is 12.2. The van der Waals surface area contributed by atoms with Crippen LogP contribution in [0.1, 0.15) is 5.82 Å². The number of halogens is 4. The fraction of sp³-hybridized carbons (Fsp3) is 0.167. The number of hydrogen-bond acceptors (Lipinski definition) is 4. The molecular weight excluding hydrogens is 400 g/mol. The van der Waals surface area contributed by atoms with Gasteiger partial charge in [-0.2, -0.15) is 13.2 Å². The number of H-pyrrole nitrogens is 1. The van der Waals surface area contributed by atoms with Gasteiger partial charge >= 0.3 is 6.18 Å². The van der Waals surface area contributed by atoms with E-state index in [1.54, 1.807) is 0 Å². The first-order valence-corrected chi connectivity index (χ1v) is 9.71. The molecule has 1 heterocycles. The van der Waals surface area contributed by atoms with Gasteiger partial charge in [-0.15, -0.1) is 0 Å². The molecule has 0 radical (unpaired) electrons. The summed E-state index contributed by atoms with van der Waals surface area (Å²) in [6.45, 7) is 0. The summed E-state index contributed by atoms with van der Waals surface area (Å²) in [5.74, 6) is -2.06. The Morgan fingerprint density at radius 1 is 1.04 bits per heavy atom. The molecule has 0 saturated heterocycles. The fourth-order valence-electron chi connectivity index (χ4n) is 2.61. The van der Waals surface area contributed by atoms with E-state index in [9.17, 15) is 26.0 Å². The molecule has 28 heavy (non-hydrogen) atoms. The van der Waals surface area contributed by atoms with E-state index >= 15 is 0 Å². The van der Waals surface area contributed by atoms with Gasteiger partial charge in [-0.25, -0.2) is 17.8 Å². The lowest BCUT2D eigenvalue weighted by atomic mass is 10.0. The van der Waals surface area contributed by atoms with Crippen LogP contribution in [-0.4, -0.2) is 31.8 Å². The molecule has 0 saturated carbocycles. The second kappa shape index (κ2) is 6.93. The van der Waals surface area contributed by atoms with E-state index in [1.165, 1.54) is 43.5 Å². The molecule has 0 spiro atoms. The van der Waals surface area contributed by atoms with Crippen LogP contribution in [0.15, 0.2) is 47.4 Å². The molecule has 148 valence electrons. The Kier molecular flexibility index (Phi) is 4.92. The van der Waals surface area contributed by atoms with E-state index in [4.69, 9.17) is 4.74 Å². The van der Waals surface area contributed by atoms with E-state index in [-0.39, 0.29) is 33.2 Å². The van der Waals surface area contributed by atoms with Crippen molar-refractivity contribution in [2.75, 3.05) is 13.4 Å². The zero-order valence-corrected chi connectivity index (χ0v) is 15.5. The number of rotatable bonds is 4. The van der Waals surface area contributed by atoms with Gasteiger partial charge in [-0.3, -0.25) is 0 Å². The first-order chi connectivity index (χ1) is 13.0. The number of imidazole rings is 1. The van der Waals surface area contributed by atoms with E-state index in [0.717, 1.165) is 12.3 Å². The number of hydrogen-bond donors (Lipinski definition) is 1. The third-order valence-corrected chi connectivity index (χ3v) is 5.10. The van der Waals surface area contributed by atoms with Crippen LogP contribution in [-0.2, 0) is 16.0 Å². The van der Waals surface area contributed by atoms with Crippen molar-refractivity contribution in [3.63, 3.8) is 0 Å². The van der Waals surface area contributed by atoms with Crippen LogP contribution in [0.5, 0.6) is 5.75 Å². The molecule has 0 amide bonds. The largest absolute Gasteiger partial charge is 0.494 e. The Bertz CT molecular complexity index is 1120. The Balaban J connectivity index is 2.18. The lowest BCUT2D eigenvalue weighted by Crippen LogP contribution is -2.07. The van der Waals surface area contributed by atoms with E-state index in [0.29, 0.717) is 0 Å². The lowest BCUT2D eigenvalue weighted by Gasteiger charge is -2.07. The summed E-state index contributed by atoms with van der Waals surface area (Å²) in [4.78, 5) is 5.81. The monoisotopic (exact) mass is 414 g/mol. The number of nitrogens with zero attached hydrogens (tertiary/aromatic N) is 1. The van der Waals surface area contributed by atoms with Crippen LogP contribution < -0.4 is 4.74 Å². The SMILES string of the molecule is COc1ccc(-c2nc(C(F)(F)F)[nH]c2-c2ccc(S(C)(=O)=O)cc2)cc1F. The molecule has 0 fully saturated rings. The summed E-state index contributed by atoms with van der Waals surface area (Å²) in [6, 6.07) is 8.94. The van der Waals surface area contributed by atoms with Gasteiger partial charge in [0.05, 0.1) is 23.4 Å². The molecule has 1 aromatic heterocycles. The van der Waals surface area contributed by atoms with Crippen molar-refractivity contribution in [2.45, 2.75) is 11.1 Å². The fourth-order valence-corrected chi connectivity index (χ4v) is 3.24. The maximum atomic E-state index is 14.0. The van der Waals surface area contributed by atoms with Crippen LogP contribution >= 0.6 is 0 Å². The Morgan fingerprint density at radius 3 is 2.14 bits per heavy atom. The van der Waals surface area contributed by atoms with Crippen molar-refractivity contribution >= 4 is 9.84 Å². The molecule has 10 heteroatoms. The number of methoxy groups -OCH3 is 1. The van der Waals surface area contributed by atoms with Crippen LogP contribution in [0.25, 0.3) is 22.5 Å². The van der Waals surface area contributed by atoms with Gasteiger partial charge in [0.1, 0.15) is 0 Å². The summed E-state index contributed by atoms with van der Waals surface area (Å²) in [7, 11) is -2.20. The topological polar surface area (TPSA) is 72.0 Å². The van der Waals surface area contributed by atoms with Crippen molar-refractivity contribution in [1.82, 2.24) is 9.97 Å². The molecule has 2 aromatic carbocycles. The zero-order chi connectivity index (χ0) is 20.7. The standard InChI is InChI=1S/C18H14F4N2O3S/c1-27-14-8-5-11(9-13(14)19)16-15(23-17(24-16)18(20,21)22)10-3-6-12(7-4-10)28(2,25)26/h3-9H,1-2H3,(H,23,24). The van der Waals surface area contributed by atoms with Crippen LogP contribution in [0, 0.1) is 5.82 Å². The quantitative estimate of drug-likeness (QED) is 0.646. The smallest absolute Gasteiger partial charge is 0.449 e. The zero-order valence-electron chi connectivity index (χ0n) is 14.6. The van der Waals surface area contributed by atoms with Crippen LogP contribution in [0.2, 0.25) is 0 Å². The molecule has 5 nitrogen and oxygen atoms in total. The minimum Gasteiger partial charge on any atom is -0.494 e. The van der Waals surface area contributed by atoms with Gasteiger partial charge < -0.3 is 9.72 Å². The first-order valence-electron chi connectivity index (χ1n) is 7.82. The number of sulfone groups is 1. The van der Waals surface area contributed by atoms with Gasteiger partial charge in [-0.1, -0.05) is 12.1 Å². The highest BCUT2D eigenvalue weighted by Crippen LogP contribution is 2.37. The summed E-state index contributed by atoms with van der Waals surface area (Å²) in [5, 5.41) is 0.